The minimum absolute atomic E-state index is 0.0707. The van der Waals surface area contributed by atoms with Crippen molar-refractivity contribution in [2.45, 2.75) is 32.6 Å². The highest BCUT2D eigenvalue weighted by molar-refractivity contribution is 5.53. The van der Waals surface area contributed by atoms with E-state index in [4.69, 9.17) is 0 Å². The van der Waals surface area contributed by atoms with Crippen LogP contribution in [0.1, 0.15) is 31.5 Å². The molecule has 0 aromatic carbocycles. The van der Waals surface area contributed by atoms with Crippen molar-refractivity contribution in [3.05, 3.63) is 15.9 Å². The smallest absolute Gasteiger partial charge is 0.364 e. The van der Waals surface area contributed by atoms with Gasteiger partial charge in [0.2, 0.25) is 11.6 Å². The monoisotopic (exact) mass is 238 g/mol. The number of hydrogen-bond donors (Lipinski definition) is 1. The van der Waals surface area contributed by atoms with Gasteiger partial charge in [-0.2, -0.15) is 0 Å². The Morgan fingerprint density at radius 2 is 2.29 bits per heavy atom. The van der Waals surface area contributed by atoms with Crippen LogP contribution in [0.2, 0.25) is 0 Å². The average Bonchev–Trinajstić information content (AvgIpc) is 2.49. The van der Waals surface area contributed by atoms with Crippen molar-refractivity contribution < 1.29 is 4.92 Å². The summed E-state index contributed by atoms with van der Waals surface area (Å²) in [5, 5.41) is 14.0. The predicted molar refractivity (Wildman–Crippen MR) is 65.0 cm³/mol. The zero-order chi connectivity index (χ0) is 12.4. The standard InChI is InChI=1S/C11H18N4O2/c1-8-13-11(15(16)17)10(14(8)2)12-7-6-9-4-3-5-9/h9,12H,3-7H2,1-2H3. The van der Waals surface area contributed by atoms with Gasteiger partial charge < -0.3 is 15.4 Å². The third-order valence-electron chi connectivity index (χ3n) is 3.54. The third kappa shape index (κ3) is 2.40. The molecule has 1 N–H and O–H groups in total. The fourth-order valence-electron chi connectivity index (χ4n) is 2.09. The number of nitrogens with zero attached hydrogens (tertiary/aromatic N) is 3. The summed E-state index contributed by atoms with van der Waals surface area (Å²) in [6, 6.07) is 0. The summed E-state index contributed by atoms with van der Waals surface area (Å²) in [4.78, 5) is 14.4. The second-order valence-corrected chi connectivity index (χ2v) is 4.66. The number of rotatable bonds is 5. The molecule has 0 aliphatic heterocycles. The number of nitro groups is 1. The maximum Gasteiger partial charge on any atom is 0.406 e. The first kappa shape index (κ1) is 11.9. The molecule has 1 heterocycles. The van der Waals surface area contributed by atoms with E-state index in [1.54, 1.807) is 18.5 Å². The summed E-state index contributed by atoms with van der Waals surface area (Å²) in [5.74, 6) is 1.91. The van der Waals surface area contributed by atoms with E-state index in [-0.39, 0.29) is 5.82 Å². The van der Waals surface area contributed by atoms with Gasteiger partial charge in [0.25, 0.3) is 0 Å². The second kappa shape index (κ2) is 4.73. The first-order valence-electron chi connectivity index (χ1n) is 6.01. The number of nitrogens with one attached hydrogen (secondary N) is 1. The van der Waals surface area contributed by atoms with Crippen LogP contribution < -0.4 is 5.32 Å². The van der Waals surface area contributed by atoms with E-state index >= 15 is 0 Å². The zero-order valence-electron chi connectivity index (χ0n) is 10.3. The fourth-order valence-corrected chi connectivity index (χ4v) is 2.09. The van der Waals surface area contributed by atoms with Crippen molar-refractivity contribution in [1.29, 1.82) is 0 Å². The molecule has 0 bridgehead atoms. The molecule has 1 aliphatic carbocycles. The topological polar surface area (TPSA) is 73.0 Å². The molecule has 1 aliphatic rings. The van der Waals surface area contributed by atoms with Crippen LogP contribution in [0.3, 0.4) is 0 Å². The van der Waals surface area contributed by atoms with Crippen molar-refractivity contribution >= 4 is 11.6 Å². The van der Waals surface area contributed by atoms with Gasteiger partial charge in [-0.3, -0.25) is 4.57 Å². The second-order valence-electron chi connectivity index (χ2n) is 4.66. The molecule has 0 radical (unpaired) electrons. The summed E-state index contributed by atoms with van der Waals surface area (Å²) >= 11 is 0. The minimum Gasteiger partial charge on any atom is -0.364 e. The number of aromatic nitrogens is 2. The summed E-state index contributed by atoms with van der Waals surface area (Å²) in [6.45, 7) is 2.55. The van der Waals surface area contributed by atoms with Crippen LogP contribution in [0.5, 0.6) is 0 Å². The quantitative estimate of drug-likeness (QED) is 0.630. The van der Waals surface area contributed by atoms with E-state index in [1.165, 1.54) is 19.3 Å². The van der Waals surface area contributed by atoms with Gasteiger partial charge in [-0.25, -0.2) is 0 Å². The highest BCUT2D eigenvalue weighted by atomic mass is 16.6. The lowest BCUT2D eigenvalue weighted by molar-refractivity contribution is -0.388. The van der Waals surface area contributed by atoms with Gasteiger partial charge >= 0.3 is 5.82 Å². The number of hydrogen-bond acceptors (Lipinski definition) is 4. The first-order chi connectivity index (χ1) is 8.09. The molecule has 0 saturated heterocycles. The van der Waals surface area contributed by atoms with E-state index in [0.29, 0.717) is 11.6 Å². The molecule has 0 atom stereocenters. The van der Waals surface area contributed by atoms with Crippen molar-refractivity contribution in [2.24, 2.45) is 13.0 Å². The Morgan fingerprint density at radius 3 is 2.82 bits per heavy atom. The largest absolute Gasteiger partial charge is 0.406 e. The SMILES string of the molecule is Cc1nc([N+](=O)[O-])c(NCCC2CCC2)n1C. The van der Waals surface area contributed by atoms with Gasteiger partial charge in [-0.1, -0.05) is 19.3 Å². The molecule has 1 saturated carbocycles. The molecule has 6 nitrogen and oxygen atoms in total. The van der Waals surface area contributed by atoms with Crippen LogP contribution in [0.4, 0.5) is 11.6 Å². The van der Waals surface area contributed by atoms with Crippen molar-refractivity contribution in [1.82, 2.24) is 9.55 Å². The first-order valence-corrected chi connectivity index (χ1v) is 6.01. The number of anilines is 1. The zero-order valence-corrected chi connectivity index (χ0v) is 10.3. The molecule has 1 aromatic rings. The van der Waals surface area contributed by atoms with Gasteiger partial charge in [0, 0.05) is 20.5 Å². The summed E-state index contributed by atoms with van der Waals surface area (Å²) in [5.41, 5.74) is 0. The molecule has 0 amide bonds. The van der Waals surface area contributed by atoms with Crippen molar-refractivity contribution in [3.63, 3.8) is 0 Å². The Morgan fingerprint density at radius 1 is 1.59 bits per heavy atom. The molecule has 1 aromatic heterocycles. The highest BCUT2D eigenvalue weighted by Gasteiger charge is 2.24. The Hall–Kier alpha value is -1.59. The van der Waals surface area contributed by atoms with E-state index in [9.17, 15) is 10.1 Å². The van der Waals surface area contributed by atoms with Gasteiger partial charge in [0.15, 0.2) is 0 Å². The maximum absolute atomic E-state index is 10.8. The molecule has 94 valence electrons. The van der Waals surface area contributed by atoms with E-state index < -0.39 is 4.92 Å². The Bertz CT molecular complexity index is 423. The molecule has 1 fully saturated rings. The van der Waals surface area contributed by atoms with Gasteiger partial charge in [-0.05, 0) is 22.2 Å². The maximum atomic E-state index is 10.8. The van der Waals surface area contributed by atoms with Gasteiger partial charge in [0.05, 0.1) is 0 Å². The summed E-state index contributed by atoms with van der Waals surface area (Å²) in [6.07, 6.45) is 5.01. The Labute approximate surface area is 100 Å². The molecular weight excluding hydrogens is 220 g/mol. The van der Waals surface area contributed by atoms with Gasteiger partial charge in [0.1, 0.15) is 0 Å². The fraction of sp³-hybridized carbons (Fsp3) is 0.727. The lowest BCUT2D eigenvalue weighted by Crippen LogP contribution is -2.16. The Balaban J connectivity index is 2.00. The highest BCUT2D eigenvalue weighted by Crippen LogP contribution is 2.30. The third-order valence-corrected chi connectivity index (χ3v) is 3.54. The Kier molecular flexibility index (Phi) is 3.31. The summed E-state index contributed by atoms with van der Waals surface area (Å²) in [7, 11) is 1.79. The van der Waals surface area contributed by atoms with Crippen LogP contribution in [0.25, 0.3) is 0 Å². The van der Waals surface area contributed by atoms with Crippen LogP contribution >= 0.6 is 0 Å². The van der Waals surface area contributed by atoms with Crippen molar-refractivity contribution in [3.8, 4) is 0 Å². The van der Waals surface area contributed by atoms with Crippen LogP contribution in [-0.2, 0) is 7.05 Å². The van der Waals surface area contributed by atoms with E-state index in [1.807, 2.05) is 0 Å². The minimum atomic E-state index is -0.432. The molecule has 0 spiro atoms. The summed E-state index contributed by atoms with van der Waals surface area (Å²) < 4.78 is 1.74. The molecule has 17 heavy (non-hydrogen) atoms. The van der Waals surface area contributed by atoms with Gasteiger partial charge in [-0.15, -0.1) is 0 Å². The lowest BCUT2D eigenvalue weighted by Gasteiger charge is -2.25. The lowest BCUT2D eigenvalue weighted by atomic mass is 9.83. The van der Waals surface area contributed by atoms with E-state index in [2.05, 4.69) is 10.3 Å². The number of imidazole rings is 1. The molecule has 2 rings (SSSR count). The molecule has 6 heteroatoms. The average molecular weight is 238 g/mol. The predicted octanol–water partition coefficient (Wildman–Crippen LogP) is 2.24. The van der Waals surface area contributed by atoms with Crippen molar-refractivity contribution in [2.75, 3.05) is 11.9 Å². The van der Waals surface area contributed by atoms with Crippen LogP contribution in [-0.4, -0.2) is 21.0 Å². The van der Waals surface area contributed by atoms with Crippen LogP contribution in [0, 0.1) is 23.0 Å². The number of aryl methyl sites for hydroxylation is 1. The van der Waals surface area contributed by atoms with Crippen LogP contribution in [0.15, 0.2) is 0 Å². The normalized spacial score (nSPS) is 15.6. The molecule has 0 unspecified atom stereocenters. The molecular formula is C11H18N4O2. The van der Waals surface area contributed by atoms with E-state index in [0.717, 1.165) is 18.9 Å².